The minimum atomic E-state index is 0.372. The van der Waals surface area contributed by atoms with Crippen molar-refractivity contribution in [2.75, 3.05) is 13.2 Å². The quantitative estimate of drug-likeness (QED) is 0.780. The summed E-state index contributed by atoms with van der Waals surface area (Å²) in [5.41, 5.74) is 0. The fourth-order valence-electron chi connectivity index (χ4n) is 2.20. The zero-order valence-corrected chi connectivity index (χ0v) is 12.0. The number of hydrogen-bond donors (Lipinski definition) is 1. The Kier molecular flexibility index (Phi) is 5.52. The number of nitrogens with one attached hydrogen (secondary N) is 1. The smallest absolute Gasteiger partial charge is 0.119 e. The minimum Gasteiger partial charge on any atom is -0.494 e. The molecule has 0 unspecified atom stereocenters. The lowest BCUT2D eigenvalue weighted by atomic mass is 9.89. The van der Waals surface area contributed by atoms with Crippen LogP contribution in [0.2, 0.25) is 0 Å². The summed E-state index contributed by atoms with van der Waals surface area (Å²) in [6.45, 7) is 6.19. The topological polar surface area (TPSA) is 30.5 Å². The zero-order valence-electron chi connectivity index (χ0n) is 12.0. The van der Waals surface area contributed by atoms with Crippen molar-refractivity contribution in [3.63, 3.8) is 0 Å². The molecule has 0 amide bonds. The van der Waals surface area contributed by atoms with Crippen molar-refractivity contribution >= 4 is 0 Å². The molecule has 0 spiro atoms. The lowest BCUT2D eigenvalue weighted by Gasteiger charge is -2.36. The summed E-state index contributed by atoms with van der Waals surface area (Å²) in [6.07, 6.45) is 4.84. The van der Waals surface area contributed by atoms with Gasteiger partial charge in [-0.2, -0.15) is 0 Å². The lowest BCUT2D eigenvalue weighted by Crippen LogP contribution is -2.46. The van der Waals surface area contributed by atoms with Crippen LogP contribution in [0.5, 0.6) is 11.5 Å². The van der Waals surface area contributed by atoms with Crippen LogP contribution in [-0.4, -0.2) is 25.3 Å². The molecule has 0 heterocycles. The van der Waals surface area contributed by atoms with Gasteiger partial charge in [0.2, 0.25) is 0 Å². The number of rotatable bonds is 8. The monoisotopic (exact) mass is 263 g/mol. The molecule has 19 heavy (non-hydrogen) atoms. The second kappa shape index (κ2) is 7.39. The Morgan fingerprint density at radius 2 is 1.74 bits per heavy atom. The fraction of sp³-hybridized carbons (Fsp3) is 0.625. The molecule has 106 valence electrons. The summed E-state index contributed by atoms with van der Waals surface area (Å²) < 4.78 is 11.5. The van der Waals surface area contributed by atoms with Crippen LogP contribution in [0.25, 0.3) is 0 Å². The van der Waals surface area contributed by atoms with Gasteiger partial charge in [-0.3, -0.25) is 0 Å². The van der Waals surface area contributed by atoms with Gasteiger partial charge in [0.15, 0.2) is 0 Å². The second-order valence-electron chi connectivity index (χ2n) is 5.18. The lowest BCUT2D eigenvalue weighted by molar-refractivity contribution is 0.0852. The highest BCUT2D eigenvalue weighted by atomic mass is 16.5. The Balaban J connectivity index is 1.69. The van der Waals surface area contributed by atoms with Crippen LogP contribution in [0.3, 0.4) is 0 Å². The predicted molar refractivity (Wildman–Crippen MR) is 78.0 cm³/mol. The van der Waals surface area contributed by atoms with E-state index in [1.807, 2.05) is 24.3 Å². The normalized spacial score (nSPS) is 21.8. The molecule has 0 aromatic heterocycles. The van der Waals surface area contributed by atoms with E-state index < -0.39 is 0 Å². The molecule has 3 heteroatoms. The summed E-state index contributed by atoms with van der Waals surface area (Å²) in [6, 6.07) is 8.61. The molecule has 1 saturated carbocycles. The first-order valence-electron chi connectivity index (χ1n) is 7.44. The predicted octanol–water partition coefficient (Wildman–Crippen LogP) is 3.38. The van der Waals surface area contributed by atoms with Gasteiger partial charge in [0, 0.05) is 6.04 Å². The van der Waals surface area contributed by atoms with Gasteiger partial charge in [0.05, 0.1) is 6.61 Å². The van der Waals surface area contributed by atoms with Gasteiger partial charge >= 0.3 is 0 Å². The molecule has 1 aliphatic rings. The standard InChI is InChI=1S/C16H25NO2/c1-3-9-17-13-11-16(12-13)19-15-7-5-14(6-8-15)18-10-4-2/h5-8,13,16-17H,3-4,9-12H2,1-2H3. The Morgan fingerprint density at radius 1 is 1.05 bits per heavy atom. The average molecular weight is 263 g/mol. The van der Waals surface area contributed by atoms with Crippen LogP contribution in [0.4, 0.5) is 0 Å². The van der Waals surface area contributed by atoms with Gasteiger partial charge in [0.25, 0.3) is 0 Å². The molecule has 0 atom stereocenters. The van der Waals surface area contributed by atoms with E-state index in [4.69, 9.17) is 9.47 Å². The third-order valence-electron chi connectivity index (χ3n) is 3.38. The molecule has 1 aliphatic carbocycles. The Bertz CT molecular complexity index is 358. The van der Waals surface area contributed by atoms with Crippen LogP contribution >= 0.6 is 0 Å². The summed E-state index contributed by atoms with van der Waals surface area (Å²) in [5, 5.41) is 3.52. The molecule has 0 bridgehead atoms. The Labute approximate surface area is 116 Å². The Morgan fingerprint density at radius 3 is 2.37 bits per heavy atom. The highest BCUT2D eigenvalue weighted by Crippen LogP contribution is 2.27. The van der Waals surface area contributed by atoms with Crippen LogP contribution in [0.15, 0.2) is 24.3 Å². The summed E-state index contributed by atoms with van der Waals surface area (Å²) >= 11 is 0. The number of benzene rings is 1. The van der Waals surface area contributed by atoms with Gasteiger partial charge in [-0.05, 0) is 56.5 Å². The number of ether oxygens (including phenoxy) is 2. The van der Waals surface area contributed by atoms with E-state index in [-0.39, 0.29) is 0 Å². The maximum atomic E-state index is 5.92. The maximum absolute atomic E-state index is 5.92. The zero-order chi connectivity index (χ0) is 13.5. The van der Waals surface area contributed by atoms with Gasteiger partial charge in [-0.25, -0.2) is 0 Å². The molecule has 1 N–H and O–H groups in total. The molecular weight excluding hydrogens is 238 g/mol. The molecule has 1 fully saturated rings. The van der Waals surface area contributed by atoms with E-state index in [9.17, 15) is 0 Å². The molecule has 1 aromatic carbocycles. The van der Waals surface area contributed by atoms with Crippen molar-refractivity contribution in [3.05, 3.63) is 24.3 Å². The van der Waals surface area contributed by atoms with Gasteiger partial charge in [0.1, 0.15) is 17.6 Å². The van der Waals surface area contributed by atoms with Crippen molar-refractivity contribution in [1.82, 2.24) is 5.32 Å². The van der Waals surface area contributed by atoms with Crippen molar-refractivity contribution in [3.8, 4) is 11.5 Å². The number of hydrogen-bond acceptors (Lipinski definition) is 3. The molecule has 2 rings (SSSR count). The van der Waals surface area contributed by atoms with E-state index in [1.165, 1.54) is 6.42 Å². The van der Waals surface area contributed by atoms with Gasteiger partial charge < -0.3 is 14.8 Å². The Hall–Kier alpha value is -1.22. The third kappa shape index (κ3) is 4.43. The largest absolute Gasteiger partial charge is 0.494 e. The average Bonchev–Trinajstić information content (AvgIpc) is 2.40. The molecule has 0 saturated heterocycles. The first kappa shape index (κ1) is 14.2. The van der Waals surface area contributed by atoms with E-state index >= 15 is 0 Å². The molecule has 1 aromatic rings. The van der Waals surface area contributed by atoms with Gasteiger partial charge in [-0.15, -0.1) is 0 Å². The van der Waals surface area contributed by atoms with Crippen molar-refractivity contribution in [1.29, 1.82) is 0 Å². The van der Waals surface area contributed by atoms with Crippen LogP contribution in [-0.2, 0) is 0 Å². The van der Waals surface area contributed by atoms with Gasteiger partial charge in [-0.1, -0.05) is 13.8 Å². The van der Waals surface area contributed by atoms with Crippen molar-refractivity contribution < 1.29 is 9.47 Å². The minimum absolute atomic E-state index is 0.372. The van der Waals surface area contributed by atoms with E-state index in [2.05, 4.69) is 19.2 Å². The van der Waals surface area contributed by atoms with Crippen molar-refractivity contribution in [2.45, 2.75) is 51.7 Å². The third-order valence-corrected chi connectivity index (χ3v) is 3.38. The maximum Gasteiger partial charge on any atom is 0.119 e. The molecule has 0 aliphatic heterocycles. The van der Waals surface area contributed by atoms with Crippen LogP contribution in [0.1, 0.15) is 39.5 Å². The van der Waals surface area contributed by atoms with E-state index in [0.717, 1.165) is 43.9 Å². The van der Waals surface area contributed by atoms with Crippen LogP contribution in [0, 0.1) is 0 Å². The summed E-state index contributed by atoms with van der Waals surface area (Å²) in [5.74, 6) is 1.87. The van der Waals surface area contributed by atoms with E-state index in [1.54, 1.807) is 0 Å². The SMILES string of the molecule is CCCNC1CC(Oc2ccc(OCCC)cc2)C1. The van der Waals surface area contributed by atoms with Crippen LogP contribution < -0.4 is 14.8 Å². The first-order valence-corrected chi connectivity index (χ1v) is 7.44. The fourth-order valence-corrected chi connectivity index (χ4v) is 2.20. The summed E-state index contributed by atoms with van der Waals surface area (Å²) in [4.78, 5) is 0. The molecule has 0 radical (unpaired) electrons. The summed E-state index contributed by atoms with van der Waals surface area (Å²) in [7, 11) is 0. The molecule has 3 nitrogen and oxygen atoms in total. The first-order chi connectivity index (χ1) is 9.31. The van der Waals surface area contributed by atoms with E-state index in [0.29, 0.717) is 12.1 Å². The second-order valence-corrected chi connectivity index (χ2v) is 5.18. The highest BCUT2D eigenvalue weighted by molar-refractivity contribution is 5.31. The highest BCUT2D eigenvalue weighted by Gasteiger charge is 2.30. The van der Waals surface area contributed by atoms with Crippen molar-refractivity contribution in [2.24, 2.45) is 0 Å². The molecular formula is C16H25NO2.